The van der Waals surface area contributed by atoms with Gasteiger partial charge < -0.3 is 4.90 Å². The average molecular weight is 230 g/mol. The largest absolute Gasteiger partial charge is 0.364 e. The van der Waals surface area contributed by atoms with Crippen molar-refractivity contribution in [3.05, 3.63) is 29.8 Å². The Morgan fingerprint density at radius 1 is 1.31 bits per heavy atom. The summed E-state index contributed by atoms with van der Waals surface area (Å²) >= 11 is 1.87. The van der Waals surface area contributed by atoms with Gasteiger partial charge in [0.25, 0.3) is 0 Å². The zero-order valence-corrected chi connectivity index (χ0v) is 10.3. The number of aliphatic imine (C=N–C) groups is 1. The lowest BCUT2D eigenvalue weighted by Gasteiger charge is -2.14. The van der Waals surface area contributed by atoms with Crippen LogP contribution in [0, 0.1) is 0 Å². The van der Waals surface area contributed by atoms with Crippen LogP contribution in [0.4, 0.5) is 5.00 Å². The van der Waals surface area contributed by atoms with Crippen LogP contribution in [-0.2, 0) is 0 Å². The molecule has 1 aromatic heterocycles. The van der Waals surface area contributed by atoms with Crippen molar-refractivity contribution >= 4 is 32.1 Å². The SMILES string of the molecule is CC1=NCCN(C)c2sc3ccccc3c21. The van der Waals surface area contributed by atoms with Gasteiger partial charge in [-0.25, -0.2) is 0 Å². The molecule has 0 fully saturated rings. The van der Waals surface area contributed by atoms with E-state index in [1.165, 1.54) is 26.4 Å². The number of benzene rings is 1. The van der Waals surface area contributed by atoms with Crippen LogP contribution in [0.25, 0.3) is 10.1 Å². The second-order valence-electron chi connectivity index (χ2n) is 4.17. The van der Waals surface area contributed by atoms with E-state index in [9.17, 15) is 0 Å². The highest BCUT2D eigenvalue weighted by molar-refractivity contribution is 7.23. The molecule has 3 heteroatoms. The molecule has 0 N–H and O–H groups in total. The molecule has 2 nitrogen and oxygen atoms in total. The first kappa shape index (κ1) is 9.85. The Morgan fingerprint density at radius 2 is 2.12 bits per heavy atom. The van der Waals surface area contributed by atoms with Crippen LogP contribution in [0.3, 0.4) is 0 Å². The van der Waals surface area contributed by atoms with Gasteiger partial charge in [-0.05, 0) is 13.0 Å². The Hall–Kier alpha value is -1.35. The van der Waals surface area contributed by atoms with E-state index in [2.05, 4.69) is 48.1 Å². The van der Waals surface area contributed by atoms with Crippen LogP contribution in [0.5, 0.6) is 0 Å². The van der Waals surface area contributed by atoms with Crippen LogP contribution in [0.1, 0.15) is 12.5 Å². The summed E-state index contributed by atoms with van der Waals surface area (Å²) in [4.78, 5) is 6.94. The third kappa shape index (κ3) is 1.35. The predicted molar refractivity (Wildman–Crippen MR) is 72.2 cm³/mol. The third-order valence-electron chi connectivity index (χ3n) is 3.07. The van der Waals surface area contributed by atoms with Crippen molar-refractivity contribution in [1.82, 2.24) is 0 Å². The molecule has 0 spiro atoms. The quantitative estimate of drug-likeness (QED) is 0.679. The van der Waals surface area contributed by atoms with E-state index in [0.717, 1.165) is 13.1 Å². The summed E-state index contributed by atoms with van der Waals surface area (Å²) in [5, 5.41) is 2.71. The molecule has 0 aliphatic carbocycles. The van der Waals surface area contributed by atoms with Crippen LogP contribution < -0.4 is 4.90 Å². The van der Waals surface area contributed by atoms with Crippen molar-refractivity contribution in [2.45, 2.75) is 6.92 Å². The van der Waals surface area contributed by atoms with E-state index in [4.69, 9.17) is 0 Å². The number of anilines is 1. The Bertz CT molecular complexity index is 568. The van der Waals surface area contributed by atoms with Gasteiger partial charge in [-0.3, -0.25) is 4.99 Å². The van der Waals surface area contributed by atoms with Gasteiger partial charge in [0.05, 0.1) is 6.54 Å². The highest BCUT2D eigenvalue weighted by Gasteiger charge is 2.19. The molecule has 2 aromatic rings. The van der Waals surface area contributed by atoms with Gasteiger partial charge in [0.15, 0.2) is 0 Å². The first-order chi connectivity index (χ1) is 7.77. The summed E-state index contributed by atoms with van der Waals surface area (Å²) < 4.78 is 1.36. The number of thiophene rings is 1. The van der Waals surface area contributed by atoms with Crippen molar-refractivity contribution < 1.29 is 0 Å². The van der Waals surface area contributed by atoms with E-state index in [-0.39, 0.29) is 0 Å². The highest BCUT2D eigenvalue weighted by atomic mass is 32.1. The van der Waals surface area contributed by atoms with Gasteiger partial charge in [0.1, 0.15) is 5.00 Å². The lowest BCUT2D eigenvalue weighted by atomic mass is 10.1. The van der Waals surface area contributed by atoms with Gasteiger partial charge in [0.2, 0.25) is 0 Å². The number of nitrogens with zero attached hydrogens (tertiary/aromatic N) is 2. The normalized spacial score (nSPS) is 15.9. The molecular formula is C13H14N2S. The minimum atomic E-state index is 0.901. The Balaban J connectivity index is 2.37. The molecule has 16 heavy (non-hydrogen) atoms. The molecule has 82 valence electrons. The van der Waals surface area contributed by atoms with E-state index in [0.29, 0.717) is 0 Å². The first-order valence-electron chi connectivity index (χ1n) is 5.51. The number of likely N-dealkylation sites (N-methyl/N-ethyl adjacent to an activating group) is 1. The first-order valence-corrected chi connectivity index (χ1v) is 6.33. The summed E-state index contributed by atoms with van der Waals surface area (Å²) in [6.45, 7) is 4.03. The van der Waals surface area contributed by atoms with Crippen LogP contribution in [0.2, 0.25) is 0 Å². The molecule has 1 aliphatic heterocycles. The Labute approximate surface area is 99.2 Å². The molecule has 0 atom stereocenters. The molecule has 1 aromatic carbocycles. The fraction of sp³-hybridized carbons (Fsp3) is 0.308. The number of rotatable bonds is 0. The number of hydrogen-bond acceptors (Lipinski definition) is 3. The van der Waals surface area contributed by atoms with Gasteiger partial charge in [-0.15, -0.1) is 11.3 Å². The van der Waals surface area contributed by atoms with Crippen molar-refractivity contribution in [2.24, 2.45) is 4.99 Å². The summed E-state index contributed by atoms with van der Waals surface area (Å²) in [6.07, 6.45) is 0. The molecule has 2 heterocycles. The third-order valence-corrected chi connectivity index (χ3v) is 4.35. The maximum atomic E-state index is 4.62. The van der Waals surface area contributed by atoms with Gasteiger partial charge in [-0.1, -0.05) is 18.2 Å². The minimum absolute atomic E-state index is 0.901. The number of fused-ring (bicyclic) bond motifs is 3. The van der Waals surface area contributed by atoms with E-state index in [1.54, 1.807) is 0 Å². The highest BCUT2D eigenvalue weighted by Crippen LogP contribution is 2.38. The number of hydrogen-bond donors (Lipinski definition) is 0. The molecule has 0 amide bonds. The van der Waals surface area contributed by atoms with Gasteiger partial charge in [-0.2, -0.15) is 0 Å². The average Bonchev–Trinajstić information content (AvgIpc) is 2.61. The van der Waals surface area contributed by atoms with Crippen molar-refractivity contribution in [2.75, 3.05) is 25.0 Å². The smallest absolute Gasteiger partial charge is 0.101 e. The molecule has 1 aliphatic rings. The van der Waals surface area contributed by atoms with Crippen molar-refractivity contribution in [3.63, 3.8) is 0 Å². The molecule has 0 bridgehead atoms. The molecular weight excluding hydrogens is 216 g/mol. The second kappa shape index (κ2) is 3.59. The van der Waals surface area contributed by atoms with Crippen LogP contribution >= 0.6 is 11.3 Å². The zero-order chi connectivity index (χ0) is 11.1. The topological polar surface area (TPSA) is 15.6 Å². The predicted octanol–water partition coefficient (Wildman–Crippen LogP) is 3.16. The van der Waals surface area contributed by atoms with Gasteiger partial charge in [0, 0.05) is 35.0 Å². The zero-order valence-electron chi connectivity index (χ0n) is 9.53. The standard InChI is InChI=1S/C13H14N2S/c1-9-12-10-5-3-4-6-11(10)16-13(12)15(2)8-7-14-9/h3-6H,7-8H2,1-2H3. The monoisotopic (exact) mass is 230 g/mol. The minimum Gasteiger partial charge on any atom is -0.364 e. The maximum Gasteiger partial charge on any atom is 0.101 e. The summed E-state index contributed by atoms with van der Waals surface area (Å²) in [6, 6.07) is 8.59. The molecule has 0 saturated heterocycles. The molecule has 0 radical (unpaired) electrons. The molecule has 3 rings (SSSR count). The maximum absolute atomic E-state index is 4.62. The van der Waals surface area contributed by atoms with Gasteiger partial charge >= 0.3 is 0 Å². The molecule has 0 saturated carbocycles. The lowest BCUT2D eigenvalue weighted by molar-refractivity contribution is 0.903. The van der Waals surface area contributed by atoms with Crippen LogP contribution in [0.15, 0.2) is 29.3 Å². The van der Waals surface area contributed by atoms with Crippen molar-refractivity contribution in [3.8, 4) is 0 Å². The fourth-order valence-electron chi connectivity index (χ4n) is 2.20. The van der Waals surface area contributed by atoms with Crippen LogP contribution in [-0.4, -0.2) is 25.8 Å². The summed E-state index contributed by atoms with van der Waals surface area (Å²) in [7, 11) is 2.16. The van der Waals surface area contributed by atoms with E-state index < -0.39 is 0 Å². The second-order valence-corrected chi connectivity index (χ2v) is 5.20. The van der Waals surface area contributed by atoms with Crippen molar-refractivity contribution in [1.29, 1.82) is 0 Å². The summed E-state index contributed by atoms with van der Waals surface area (Å²) in [5.74, 6) is 0. The molecule has 0 unspecified atom stereocenters. The van der Waals surface area contributed by atoms with E-state index >= 15 is 0 Å². The Morgan fingerprint density at radius 3 is 3.00 bits per heavy atom. The van der Waals surface area contributed by atoms with E-state index in [1.807, 2.05) is 11.3 Å². The summed E-state index contributed by atoms with van der Waals surface area (Å²) in [5.41, 5.74) is 2.51. The Kier molecular flexibility index (Phi) is 2.21. The fourth-order valence-corrected chi connectivity index (χ4v) is 3.44. The lowest BCUT2D eigenvalue weighted by Crippen LogP contribution is -2.18.